The van der Waals surface area contributed by atoms with E-state index in [0.29, 0.717) is 13.2 Å². The molecule has 0 bridgehead atoms. The summed E-state index contributed by atoms with van der Waals surface area (Å²) in [4.78, 5) is 16.3. The molecule has 3 heterocycles. The molecule has 0 atom stereocenters. The molecule has 1 aromatic heterocycles. The van der Waals surface area contributed by atoms with E-state index >= 15 is 0 Å². The highest BCUT2D eigenvalue weighted by Gasteiger charge is 2.23. The summed E-state index contributed by atoms with van der Waals surface area (Å²) in [7, 11) is 1.86. The summed E-state index contributed by atoms with van der Waals surface area (Å²) in [5.74, 6) is 0.113. The first-order valence-electron chi connectivity index (χ1n) is 7.44. The van der Waals surface area contributed by atoms with Gasteiger partial charge in [0.25, 0.3) is 5.91 Å². The molecule has 0 radical (unpaired) electrons. The van der Waals surface area contributed by atoms with Gasteiger partial charge in [0.05, 0.1) is 18.1 Å². The third kappa shape index (κ3) is 2.35. The van der Waals surface area contributed by atoms with Gasteiger partial charge in [-0.25, -0.2) is 0 Å². The zero-order valence-electron chi connectivity index (χ0n) is 12.4. The number of ether oxygens (including phenoxy) is 2. The quantitative estimate of drug-likeness (QED) is 0.855. The van der Waals surface area contributed by atoms with Crippen LogP contribution in [0.3, 0.4) is 0 Å². The molecular weight excluding hydrogens is 298 g/mol. The Morgan fingerprint density at radius 1 is 1.18 bits per heavy atom. The SMILES string of the molecule is CN1CCc2ccc(-c3ccc(C4OCCO4)s3)cc2C1=O. The third-order valence-corrected chi connectivity index (χ3v) is 5.32. The van der Waals surface area contributed by atoms with Crippen LogP contribution in [0.2, 0.25) is 0 Å². The van der Waals surface area contributed by atoms with Gasteiger partial charge >= 0.3 is 0 Å². The van der Waals surface area contributed by atoms with Crippen LogP contribution >= 0.6 is 11.3 Å². The van der Waals surface area contributed by atoms with Crippen LogP contribution in [0.4, 0.5) is 0 Å². The van der Waals surface area contributed by atoms with Crippen molar-refractivity contribution in [1.29, 1.82) is 0 Å². The zero-order valence-corrected chi connectivity index (χ0v) is 13.2. The Balaban J connectivity index is 1.67. The van der Waals surface area contributed by atoms with E-state index in [4.69, 9.17) is 9.47 Å². The number of nitrogens with zero attached hydrogens (tertiary/aromatic N) is 1. The second kappa shape index (κ2) is 5.50. The molecule has 0 unspecified atom stereocenters. The van der Waals surface area contributed by atoms with E-state index in [1.54, 1.807) is 16.2 Å². The summed E-state index contributed by atoms with van der Waals surface area (Å²) < 4.78 is 11.1. The molecule has 0 N–H and O–H groups in total. The molecular formula is C17H17NO3S. The van der Waals surface area contributed by atoms with Gasteiger partial charge in [-0.1, -0.05) is 12.1 Å². The van der Waals surface area contributed by atoms with Crippen molar-refractivity contribution >= 4 is 17.2 Å². The Labute approximate surface area is 133 Å². The Kier molecular flexibility index (Phi) is 3.48. The Morgan fingerprint density at radius 3 is 2.82 bits per heavy atom. The van der Waals surface area contributed by atoms with Crippen LogP contribution in [0.5, 0.6) is 0 Å². The number of rotatable bonds is 2. The smallest absolute Gasteiger partial charge is 0.253 e. The highest BCUT2D eigenvalue weighted by Crippen LogP contribution is 2.36. The van der Waals surface area contributed by atoms with Gasteiger partial charge in [-0.15, -0.1) is 11.3 Å². The van der Waals surface area contributed by atoms with E-state index in [1.807, 2.05) is 19.2 Å². The van der Waals surface area contributed by atoms with Crippen molar-refractivity contribution in [3.63, 3.8) is 0 Å². The number of hydrogen-bond acceptors (Lipinski definition) is 4. The van der Waals surface area contributed by atoms with Crippen LogP contribution in [0.1, 0.15) is 27.1 Å². The maximum Gasteiger partial charge on any atom is 0.253 e. The molecule has 5 heteroatoms. The summed E-state index contributed by atoms with van der Waals surface area (Å²) in [5.41, 5.74) is 3.05. The second-order valence-corrected chi connectivity index (χ2v) is 6.74. The Bertz CT molecular complexity index is 718. The van der Waals surface area contributed by atoms with Crippen molar-refractivity contribution < 1.29 is 14.3 Å². The largest absolute Gasteiger partial charge is 0.345 e. The maximum absolute atomic E-state index is 12.3. The van der Waals surface area contributed by atoms with Gasteiger partial charge < -0.3 is 14.4 Å². The lowest BCUT2D eigenvalue weighted by Gasteiger charge is -2.25. The topological polar surface area (TPSA) is 38.8 Å². The van der Waals surface area contributed by atoms with E-state index in [1.165, 1.54) is 0 Å². The minimum atomic E-state index is -0.232. The first-order chi connectivity index (χ1) is 10.7. The minimum Gasteiger partial charge on any atom is -0.345 e. The summed E-state index contributed by atoms with van der Waals surface area (Å²) in [5, 5.41) is 0. The molecule has 2 aliphatic heterocycles. The molecule has 0 saturated carbocycles. The number of hydrogen-bond donors (Lipinski definition) is 0. The van der Waals surface area contributed by atoms with Crippen LogP contribution < -0.4 is 0 Å². The van der Waals surface area contributed by atoms with Crippen molar-refractivity contribution in [3.05, 3.63) is 46.3 Å². The Hall–Kier alpha value is -1.69. The van der Waals surface area contributed by atoms with Crippen molar-refractivity contribution in [2.24, 2.45) is 0 Å². The summed E-state index contributed by atoms with van der Waals surface area (Å²) in [6, 6.07) is 10.3. The highest BCUT2D eigenvalue weighted by molar-refractivity contribution is 7.15. The number of benzene rings is 1. The first-order valence-corrected chi connectivity index (χ1v) is 8.26. The van der Waals surface area contributed by atoms with Crippen LogP contribution in [-0.2, 0) is 15.9 Å². The second-order valence-electron chi connectivity index (χ2n) is 5.62. The number of carbonyl (C=O) groups excluding carboxylic acids is 1. The molecule has 2 aromatic rings. The molecule has 0 spiro atoms. The fourth-order valence-corrected chi connectivity index (χ4v) is 3.90. The number of fused-ring (bicyclic) bond motifs is 1. The van der Waals surface area contributed by atoms with Gasteiger partial charge in [0.15, 0.2) is 6.29 Å². The molecule has 1 amide bonds. The highest BCUT2D eigenvalue weighted by atomic mass is 32.1. The third-order valence-electron chi connectivity index (χ3n) is 4.17. The predicted octanol–water partition coefficient (Wildman–Crippen LogP) is 3.09. The van der Waals surface area contributed by atoms with Crippen molar-refractivity contribution in [3.8, 4) is 10.4 Å². The molecule has 0 aliphatic carbocycles. The monoisotopic (exact) mass is 315 g/mol. The zero-order chi connectivity index (χ0) is 15.1. The van der Waals surface area contributed by atoms with Crippen LogP contribution in [0.15, 0.2) is 30.3 Å². The minimum absolute atomic E-state index is 0.113. The van der Waals surface area contributed by atoms with Gasteiger partial charge in [0.2, 0.25) is 0 Å². The van der Waals surface area contributed by atoms with Crippen LogP contribution in [-0.4, -0.2) is 37.6 Å². The van der Waals surface area contributed by atoms with Gasteiger partial charge in [0, 0.05) is 24.0 Å². The fourth-order valence-electron chi connectivity index (χ4n) is 2.90. The number of amides is 1. The molecule has 4 rings (SSSR count). The lowest BCUT2D eigenvalue weighted by molar-refractivity contribution is -0.0413. The van der Waals surface area contributed by atoms with Gasteiger partial charge in [-0.3, -0.25) is 4.79 Å². The van der Waals surface area contributed by atoms with E-state index in [-0.39, 0.29) is 12.2 Å². The van der Waals surface area contributed by atoms with Crippen LogP contribution in [0, 0.1) is 0 Å². The summed E-state index contributed by atoms with van der Waals surface area (Å²) in [6.07, 6.45) is 0.696. The number of likely N-dealkylation sites (N-methyl/N-ethyl adjacent to an activating group) is 1. The van der Waals surface area contributed by atoms with E-state index < -0.39 is 0 Å². The number of thiophene rings is 1. The molecule has 1 fully saturated rings. The molecule has 2 aliphatic rings. The molecule has 22 heavy (non-hydrogen) atoms. The first kappa shape index (κ1) is 13.9. The maximum atomic E-state index is 12.3. The van der Waals surface area contributed by atoms with E-state index in [2.05, 4.69) is 18.2 Å². The van der Waals surface area contributed by atoms with Gasteiger partial charge in [0.1, 0.15) is 0 Å². The molecule has 1 aromatic carbocycles. The number of carbonyl (C=O) groups is 1. The Morgan fingerprint density at radius 2 is 2.00 bits per heavy atom. The molecule has 4 nitrogen and oxygen atoms in total. The average molecular weight is 315 g/mol. The predicted molar refractivity (Wildman–Crippen MR) is 85.1 cm³/mol. The lowest BCUT2D eigenvalue weighted by atomic mass is 9.96. The average Bonchev–Trinajstić information content (AvgIpc) is 3.21. The fraction of sp³-hybridized carbons (Fsp3) is 0.353. The lowest BCUT2D eigenvalue weighted by Crippen LogP contribution is -2.34. The molecule has 114 valence electrons. The molecule has 1 saturated heterocycles. The van der Waals surface area contributed by atoms with Crippen molar-refractivity contribution in [1.82, 2.24) is 4.90 Å². The van der Waals surface area contributed by atoms with Crippen molar-refractivity contribution in [2.75, 3.05) is 26.8 Å². The van der Waals surface area contributed by atoms with Gasteiger partial charge in [-0.05, 0) is 35.7 Å². The summed E-state index contributed by atoms with van der Waals surface area (Å²) in [6.45, 7) is 2.10. The van der Waals surface area contributed by atoms with Gasteiger partial charge in [-0.2, -0.15) is 0 Å². The van der Waals surface area contributed by atoms with Crippen LogP contribution in [0.25, 0.3) is 10.4 Å². The normalized spacial score (nSPS) is 18.8. The van der Waals surface area contributed by atoms with E-state index in [9.17, 15) is 4.79 Å². The standard InChI is InChI=1S/C17H17NO3S/c1-18-7-6-11-2-3-12(10-13(11)16(18)19)14-4-5-15(22-14)17-20-8-9-21-17/h2-5,10,17H,6-9H2,1H3. The van der Waals surface area contributed by atoms with Crippen molar-refractivity contribution in [2.45, 2.75) is 12.7 Å². The summed E-state index contributed by atoms with van der Waals surface area (Å²) >= 11 is 1.66. The van der Waals surface area contributed by atoms with E-state index in [0.717, 1.165) is 39.4 Å².